The van der Waals surface area contributed by atoms with Gasteiger partial charge in [-0.1, -0.05) is 6.42 Å². The Hall–Kier alpha value is 0.0800. The van der Waals surface area contributed by atoms with Crippen LogP contribution in [0.25, 0.3) is 0 Å². The predicted octanol–water partition coefficient (Wildman–Crippen LogP) is 0.969. The second kappa shape index (κ2) is 9.27. The molecule has 2 heterocycles. The zero-order chi connectivity index (χ0) is 14.4. The lowest BCUT2D eigenvalue weighted by Gasteiger charge is -2.36. The Morgan fingerprint density at radius 1 is 1.00 bits per heavy atom. The van der Waals surface area contributed by atoms with Crippen LogP contribution in [0.3, 0.4) is 0 Å². The maximum absolute atomic E-state index is 12.5. The summed E-state index contributed by atoms with van der Waals surface area (Å²) in [6, 6.07) is 0. The van der Waals surface area contributed by atoms with Gasteiger partial charge in [0.25, 0.3) is 10.2 Å². The molecule has 0 unspecified atom stereocenters. The minimum Gasteiger partial charge on any atom is -0.378 e. The highest BCUT2D eigenvalue weighted by molar-refractivity contribution is 7.86. The van der Waals surface area contributed by atoms with Gasteiger partial charge in [-0.15, -0.1) is 12.4 Å². The molecule has 8 heteroatoms. The van der Waals surface area contributed by atoms with E-state index in [-0.39, 0.29) is 18.5 Å². The largest absolute Gasteiger partial charge is 0.378 e. The molecule has 0 radical (unpaired) electrons. The fourth-order valence-electron chi connectivity index (χ4n) is 2.82. The second-order valence-electron chi connectivity index (χ2n) is 5.58. The van der Waals surface area contributed by atoms with Gasteiger partial charge in [0.2, 0.25) is 0 Å². The number of hydrogen-bond donors (Lipinski definition) is 1. The third kappa shape index (κ3) is 5.33. The highest BCUT2D eigenvalue weighted by Gasteiger charge is 2.33. The molecule has 21 heavy (non-hydrogen) atoms. The lowest BCUT2D eigenvalue weighted by Crippen LogP contribution is -2.49. The van der Waals surface area contributed by atoms with Crippen LogP contribution in [0.1, 0.15) is 38.5 Å². The second-order valence-corrected chi connectivity index (χ2v) is 7.51. The maximum atomic E-state index is 12.5. The molecular weight excluding hydrogens is 314 g/mol. The molecule has 2 N–H and O–H groups in total. The highest BCUT2D eigenvalue weighted by Crippen LogP contribution is 2.21. The fourth-order valence-corrected chi connectivity index (χ4v) is 4.54. The first-order valence-corrected chi connectivity index (χ1v) is 9.11. The number of halogens is 1. The van der Waals surface area contributed by atoms with E-state index in [0.29, 0.717) is 39.3 Å². The van der Waals surface area contributed by atoms with E-state index >= 15 is 0 Å². The Morgan fingerprint density at radius 2 is 1.57 bits per heavy atom. The number of rotatable bonds is 6. The number of nitrogens with zero attached hydrogens (tertiary/aromatic N) is 2. The molecule has 0 amide bonds. The standard InChI is InChI=1S/C13H27N3O3S.ClH/c14-7-4-12-19-13-5-10-16(11-6-13)20(17,18)15-8-2-1-3-9-15;/h13H,1-12,14H2;1H. The van der Waals surface area contributed by atoms with Gasteiger partial charge in [0, 0.05) is 32.8 Å². The van der Waals surface area contributed by atoms with E-state index in [9.17, 15) is 8.42 Å². The third-order valence-corrected chi connectivity index (χ3v) is 6.11. The molecule has 2 fully saturated rings. The zero-order valence-corrected chi connectivity index (χ0v) is 14.2. The molecule has 2 aliphatic rings. The molecule has 2 saturated heterocycles. The van der Waals surface area contributed by atoms with Crippen LogP contribution >= 0.6 is 12.4 Å². The van der Waals surface area contributed by atoms with Gasteiger partial charge in [0.15, 0.2) is 0 Å². The summed E-state index contributed by atoms with van der Waals surface area (Å²) in [6.07, 6.45) is 5.75. The van der Waals surface area contributed by atoms with E-state index in [1.807, 2.05) is 0 Å². The Balaban J connectivity index is 0.00000220. The van der Waals surface area contributed by atoms with Crippen molar-refractivity contribution in [1.29, 1.82) is 0 Å². The average molecular weight is 342 g/mol. The molecule has 0 aromatic heterocycles. The molecule has 6 nitrogen and oxygen atoms in total. The van der Waals surface area contributed by atoms with Crippen LogP contribution in [0, 0.1) is 0 Å². The van der Waals surface area contributed by atoms with Gasteiger partial charge in [0.05, 0.1) is 6.10 Å². The summed E-state index contributed by atoms with van der Waals surface area (Å²) in [4.78, 5) is 0. The lowest BCUT2D eigenvalue weighted by atomic mass is 10.1. The monoisotopic (exact) mass is 341 g/mol. The Kier molecular flexibility index (Phi) is 8.44. The lowest BCUT2D eigenvalue weighted by molar-refractivity contribution is 0.0199. The van der Waals surface area contributed by atoms with Gasteiger partial charge < -0.3 is 10.5 Å². The van der Waals surface area contributed by atoms with Crippen LogP contribution in [0.2, 0.25) is 0 Å². The summed E-state index contributed by atoms with van der Waals surface area (Å²) >= 11 is 0. The number of nitrogens with two attached hydrogens (primary N) is 1. The molecule has 0 bridgehead atoms. The Morgan fingerprint density at radius 3 is 2.14 bits per heavy atom. The summed E-state index contributed by atoms with van der Waals surface area (Å²) in [5.41, 5.74) is 5.43. The van der Waals surface area contributed by atoms with Crippen molar-refractivity contribution in [3.63, 3.8) is 0 Å². The topological polar surface area (TPSA) is 75.9 Å². The summed E-state index contributed by atoms with van der Waals surface area (Å²) < 4.78 is 34.0. The van der Waals surface area contributed by atoms with E-state index in [4.69, 9.17) is 10.5 Å². The van der Waals surface area contributed by atoms with Crippen molar-refractivity contribution in [2.75, 3.05) is 39.3 Å². The van der Waals surface area contributed by atoms with Gasteiger partial charge in [-0.3, -0.25) is 0 Å². The summed E-state index contributed by atoms with van der Waals surface area (Å²) in [5.74, 6) is 0. The molecule has 0 spiro atoms. The van der Waals surface area contributed by atoms with Crippen LogP contribution in [-0.2, 0) is 14.9 Å². The van der Waals surface area contributed by atoms with Gasteiger partial charge in [-0.25, -0.2) is 0 Å². The maximum Gasteiger partial charge on any atom is 0.281 e. The molecule has 0 aromatic rings. The highest BCUT2D eigenvalue weighted by atomic mass is 35.5. The van der Waals surface area contributed by atoms with Crippen LogP contribution in [0.4, 0.5) is 0 Å². The molecular formula is C13H28ClN3O3S. The molecule has 0 saturated carbocycles. The van der Waals surface area contributed by atoms with Gasteiger partial charge in [-0.2, -0.15) is 17.0 Å². The van der Waals surface area contributed by atoms with Crippen molar-refractivity contribution in [1.82, 2.24) is 8.61 Å². The van der Waals surface area contributed by atoms with Crippen molar-refractivity contribution >= 4 is 22.6 Å². The molecule has 2 aliphatic heterocycles. The quantitative estimate of drug-likeness (QED) is 0.730. The number of piperidine rings is 2. The minimum atomic E-state index is -3.24. The van der Waals surface area contributed by atoms with E-state index < -0.39 is 10.2 Å². The number of ether oxygens (including phenoxy) is 1. The summed E-state index contributed by atoms with van der Waals surface area (Å²) in [6.45, 7) is 3.82. The van der Waals surface area contributed by atoms with Gasteiger partial charge in [0.1, 0.15) is 0 Å². The number of hydrogen-bond acceptors (Lipinski definition) is 4. The SMILES string of the molecule is Cl.NCCCOC1CCN(S(=O)(=O)N2CCCCC2)CC1. The molecule has 126 valence electrons. The third-order valence-electron chi connectivity index (χ3n) is 4.07. The van der Waals surface area contributed by atoms with E-state index in [2.05, 4.69) is 0 Å². The van der Waals surface area contributed by atoms with E-state index in [1.54, 1.807) is 8.61 Å². The Bertz CT molecular complexity index is 380. The first-order valence-electron chi connectivity index (χ1n) is 7.71. The smallest absolute Gasteiger partial charge is 0.281 e. The Labute approximate surface area is 134 Å². The first-order chi connectivity index (χ1) is 9.64. The molecule has 0 aliphatic carbocycles. The first kappa shape index (κ1) is 19.1. The summed E-state index contributed by atoms with van der Waals surface area (Å²) in [5, 5.41) is 0. The molecule has 0 atom stereocenters. The fraction of sp³-hybridized carbons (Fsp3) is 1.00. The van der Waals surface area contributed by atoms with Crippen LogP contribution in [0.5, 0.6) is 0 Å². The average Bonchev–Trinajstić information content (AvgIpc) is 2.49. The van der Waals surface area contributed by atoms with E-state index in [1.165, 1.54) is 0 Å². The van der Waals surface area contributed by atoms with Crippen LogP contribution < -0.4 is 5.73 Å². The van der Waals surface area contributed by atoms with Crippen molar-refractivity contribution in [3.8, 4) is 0 Å². The predicted molar refractivity (Wildman–Crippen MR) is 85.8 cm³/mol. The summed E-state index contributed by atoms with van der Waals surface area (Å²) in [7, 11) is -3.24. The van der Waals surface area contributed by atoms with Crippen LogP contribution in [0.15, 0.2) is 0 Å². The van der Waals surface area contributed by atoms with E-state index in [0.717, 1.165) is 38.5 Å². The normalized spacial score (nSPS) is 22.9. The zero-order valence-electron chi connectivity index (χ0n) is 12.6. The van der Waals surface area contributed by atoms with Gasteiger partial charge >= 0.3 is 0 Å². The van der Waals surface area contributed by atoms with Crippen molar-refractivity contribution in [2.45, 2.75) is 44.6 Å². The molecule has 2 rings (SSSR count). The minimum absolute atomic E-state index is 0. The van der Waals surface area contributed by atoms with Crippen molar-refractivity contribution in [2.24, 2.45) is 5.73 Å². The van der Waals surface area contributed by atoms with Crippen molar-refractivity contribution < 1.29 is 13.2 Å². The molecule has 0 aromatic carbocycles. The van der Waals surface area contributed by atoms with Gasteiger partial charge in [-0.05, 0) is 38.6 Å². The van der Waals surface area contributed by atoms with Crippen molar-refractivity contribution in [3.05, 3.63) is 0 Å². The van der Waals surface area contributed by atoms with Crippen LogP contribution in [-0.4, -0.2) is 62.5 Å².